The standard InChI is InChI=1S/C27H36N6O2/c1-21(6-3-4-17-34)25-18-26(27(28)30-29-25)35-24-7-5-12-32(20-24)19-22-8-10-23(11-9-22)33-15-13-31(2)14-16-33/h3-4,6,8-11,17-18,24H,5,7,12-16,19-20H2,1-2H3,(H2,28,30)/b4-3-,21-6+. The molecule has 0 aliphatic carbocycles. The third-order valence-electron chi connectivity index (χ3n) is 6.69. The maximum absolute atomic E-state index is 10.5. The maximum atomic E-state index is 10.5. The summed E-state index contributed by atoms with van der Waals surface area (Å²) in [5, 5.41) is 8.24. The van der Waals surface area contributed by atoms with E-state index in [1.54, 1.807) is 6.08 Å². The van der Waals surface area contributed by atoms with Gasteiger partial charge in [0.25, 0.3) is 0 Å². The molecule has 3 heterocycles. The molecule has 2 saturated heterocycles. The SMILES string of the molecule is C/C(=C\C=C/C=O)c1cc(OC2CCCN(Cc3ccc(N4CCN(C)CC4)cc3)C2)c(N)nn1. The van der Waals surface area contributed by atoms with Gasteiger partial charge in [-0.25, -0.2) is 0 Å². The second kappa shape index (κ2) is 12.0. The van der Waals surface area contributed by atoms with Crippen molar-refractivity contribution in [1.29, 1.82) is 0 Å². The number of piperazine rings is 1. The number of nitrogens with zero attached hydrogens (tertiary/aromatic N) is 5. The maximum Gasteiger partial charge on any atom is 0.188 e. The second-order valence-corrected chi connectivity index (χ2v) is 9.42. The number of aldehydes is 1. The molecule has 4 rings (SSSR count). The van der Waals surface area contributed by atoms with Crippen LogP contribution in [0.1, 0.15) is 31.0 Å². The summed E-state index contributed by atoms with van der Waals surface area (Å²) in [4.78, 5) is 17.8. The molecule has 1 atom stereocenters. The van der Waals surface area contributed by atoms with Gasteiger partial charge in [-0.1, -0.05) is 24.3 Å². The lowest BCUT2D eigenvalue weighted by molar-refractivity contribution is -0.104. The number of likely N-dealkylation sites (tertiary alicyclic amines) is 1. The van der Waals surface area contributed by atoms with E-state index in [9.17, 15) is 4.79 Å². The van der Waals surface area contributed by atoms with Crippen LogP contribution in [0.2, 0.25) is 0 Å². The average molecular weight is 477 g/mol. The summed E-state index contributed by atoms with van der Waals surface area (Å²) in [6, 6.07) is 10.8. The molecule has 2 N–H and O–H groups in total. The highest BCUT2D eigenvalue weighted by Crippen LogP contribution is 2.26. The van der Waals surface area contributed by atoms with Gasteiger partial charge in [-0.05, 0) is 62.7 Å². The number of aromatic nitrogens is 2. The van der Waals surface area contributed by atoms with E-state index in [1.807, 2.05) is 19.1 Å². The minimum absolute atomic E-state index is 0.0481. The van der Waals surface area contributed by atoms with E-state index < -0.39 is 0 Å². The molecule has 0 radical (unpaired) electrons. The van der Waals surface area contributed by atoms with Crippen LogP contribution >= 0.6 is 0 Å². The Hall–Kier alpha value is -3.23. The van der Waals surface area contributed by atoms with Gasteiger partial charge < -0.3 is 20.3 Å². The zero-order valence-corrected chi connectivity index (χ0v) is 20.8. The summed E-state index contributed by atoms with van der Waals surface area (Å²) in [7, 11) is 2.18. The summed E-state index contributed by atoms with van der Waals surface area (Å²) in [5.41, 5.74) is 10.3. The van der Waals surface area contributed by atoms with Crippen LogP contribution in [0, 0.1) is 0 Å². The minimum atomic E-state index is 0.0481. The van der Waals surface area contributed by atoms with Crippen molar-refractivity contribution in [3.8, 4) is 5.75 Å². The molecule has 2 aromatic rings. The third-order valence-corrected chi connectivity index (χ3v) is 6.69. The van der Waals surface area contributed by atoms with Crippen LogP contribution in [-0.4, -0.2) is 78.7 Å². The van der Waals surface area contributed by atoms with E-state index in [0.717, 1.165) is 70.5 Å². The molecule has 1 aromatic heterocycles. The molecule has 2 aliphatic heterocycles. The Morgan fingerprint density at radius 3 is 2.63 bits per heavy atom. The lowest BCUT2D eigenvalue weighted by Gasteiger charge is -2.34. The fourth-order valence-corrected chi connectivity index (χ4v) is 4.57. The molecule has 0 saturated carbocycles. The number of ether oxygens (including phenoxy) is 1. The molecule has 186 valence electrons. The van der Waals surface area contributed by atoms with Crippen LogP contribution in [0.4, 0.5) is 11.5 Å². The first-order valence-corrected chi connectivity index (χ1v) is 12.4. The van der Waals surface area contributed by atoms with Crippen LogP contribution in [0.25, 0.3) is 5.57 Å². The number of anilines is 2. The van der Waals surface area contributed by atoms with Crippen LogP contribution < -0.4 is 15.4 Å². The zero-order chi connectivity index (χ0) is 24.6. The fraction of sp³-hybridized carbons (Fsp3) is 0.444. The smallest absolute Gasteiger partial charge is 0.188 e. The first kappa shape index (κ1) is 24.9. The van der Waals surface area contributed by atoms with Crippen LogP contribution in [-0.2, 0) is 11.3 Å². The quantitative estimate of drug-likeness (QED) is 0.353. The predicted octanol–water partition coefficient (Wildman–Crippen LogP) is 3.01. The van der Waals surface area contributed by atoms with Crippen molar-refractivity contribution in [1.82, 2.24) is 20.0 Å². The largest absolute Gasteiger partial charge is 0.485 e. The fourth-order valence-electron chi connectivity index (χ4n) is 4.57. The predicted molar refractivity (Wildman–Crippen MR) is 140 cm³/mol. The molecule has 1 aromatic carbocycles. The van der Waals surface area contributed by atoms with Gasteiger partial charge in [-0.3, -0.25) is 9.69 Å². The van der Waals surface area contributed by atoms with Gasteiger partial charge in [0, 0.05) is 51.0 Å². The number of likely N-dealkylation sites (N-methyl/N-ethyl adjacent to an activating group) is 1. The highest BCUT2D eigenvalue weighted by atomic mass is 16.5. The molecule has 2 fully saturated rings. The van der Waals surface area contributed by atoms with E-state index in [-0.39, 0.29) is 6.10 Å². The Balaban J connectivity index is 1.35. The molecule has 0 bridgehead atoms. The molecular weight excluding hydrogens is 440 g/mol. The number of hydrogen-bond donors (Lipinski definition) is 1. The van der Waals surface area contributed by atoms with Gasteiger partial charge in [0.15, 0.2) is 11.6 Å². The number of benzene rings is 1. The van der Waals surface area contributed by atoms with Gasteiger partial charge in [0.1, 0.15) is 12.4 Å². The van der Waals surface area contributed by atoms with Gasteiger partial charge in [-0.2, -0.15) is 0 Å². The van der Waals surface area contributed by atoms with Gasteiger partial charge in [-0.15, -0.1) is 10.2 Å². The molecule has 1 unspecified atom stereocenters. The zero-order valence-electron chi connectivity index (χ0n) is 20.8. The van der Waals surface area contributed by atoms with E-state index in [0.29, 0.717) is 17.3 Å². The van der Waals surface area contributed by atoms with Gasteiger partial charge >= 0.3 is 0 Å². The average Bonchev–Trinajstić information content (AvgIpc) is 2.87. The molecule has 0 spiro atoms. The molecule has 8 nitrogen and oxygen atoms in total. The van der Waals surface area contributed by atoms with E-state index in [1.165, 1.54) is 17.3 Å². The number of nitrogens with two attached hydrogens (primary N) is 1. The molecule has 35 heavy (non-hydrogen) atoms. The Morgan fingerprint density at radius 1 is 1.11 bits per heavy atom. The minimum Gasteiger partial charge on any atom is -0.485 e. The lowest BCUT2D eigenvalue weighted by atomic mass is 10.1. The van der Waals surface area contributed by atoms with Crippen LogP contribution in [0.3, 0.4) is 0 Å². The first-order valence-electron chi connectivity index (χ1n) is 12.4. The number of nitrogen functional groups attached to an aromatic ring is 1. The summed E-state index contributed by atoms with van der Waals surface area (Å²) in [6.45, 7) is 9.11. The van der Waals surface area contributed by atoms with Gasteiger partial charge in [0.05, 0.1) is 5.69 Å². The number of piperidine rings is 1. The van der Waals surface area contributed by atoms with Crippen LogP contribution in [0.15, 0.2) is 48.6 Å². The highest BCUT2D eigenvalue weighted by Gasteiger charge is 2.23. The monoisotopic (exact) mass is 476 g/mol. The Labute approximate surface area is 208 Å². The van der Waals surface area contributed by atoms with E-state index in [2.05, 4.69) is 56.2 Å². The van der Waals surface area contributed by atoms with E-state index >= 15 is 0 Å². The topological polar surface area (TPSA) is 87.8 Å². The van der Waals surface area contributed by atoms with Crippen molar-refractivity contribution in [2.75, 3.05) is 56.9 Å². The lowest BCUT2D eigenvalue weighted by Crippen LogP contribution is -2.44. The Bertz CT molecular complexity index is 1040. The second-order valence-electron chi connectivity index (χ2n) is 9.42. The molecule has 2 aliphatic rings. The third kappa shape index (κ3) is 6.90. The number of rotatable bonds is 8. The number of hydrogen-bond acceptors (Lipinski definition) is 8. The van der Waals surface area contributed by atoms with Crippen molar-refractivity contribution in [3.63, 3.8) is 0 Å². The van der Waals surface area contributed by atoms with Crippen molar-refractivity contribution >= 4 is 23.4 Å². The van der Waals surface area contributed by atoms with E-state index in [4.69, 9.17) is 10.5 Å². The summed E-state index contributed by atoms with van der Waals surface area (Å²) < 4.78 is 6.30. The number of carbonyl (C=O) groups excluding carboxylic acids is 1. The highest BCUT2D eigenvalue weighted by molar-refractivity contribution is 5.69. The van der Waals surface area contributed by atoms with Crippen molar-refractivity contribution < 1.29 is 9.53 Å². The Morgan fingerprint density at radius 2 is 1.89 bits per heavy atom. The summed E-state index contributed by atoms with van der Waals surface area (Å²) in [6.07, 6.45) is 7.77. The summed E-state index contributed by atoms with van der Waals surface area (Å²) >= 11 is 0. The van der Waals surface area contributed by atoms with Gasteiger partial charge in [0.2, 0.25) is 0 Å². The van der Waals surface area contributed by atoms with Crippen molar-refractivity contribution in [2.45, 2.75) is 32.4 Å². The summed E-state index contributed by atoms with van der Waals surface area (Å²) in [5.74, 6) is 0.854. The van der Waals surface area contributed by atoms with Crippen molar-refractivity contribution in [3.05, 3.63) is 59.8 Å². The van der Waals surface area contributed by atoms with Crippen molar-refractivity contribution in [2.24, 2.45) is 0 Å². The Kier molecular flexibility index (Phi) is 8.50. The number of allylic oxidation sites excluding steroid dienone is 4. The van der Waals surface area contributed by atoms with Crippen LogP contribution in [0.5, 0.6) is 5.75 Å². The number of carbonyl (C=O) groups is 1. The molecule has 0 amide bonds. The molecular formula is C27H36N6O2. The normalized spacial score (nSPS) is 20.3. The first-order chi connectivity index (χ1) is 17.0. The molecule has 8 heteroatoms.